The molecule has 0 saturated heterocycles. The average molecular weight is 250 g/mol. The second-order valence-corrected chi connectivity index (χ2v) is 6.17. The number of hydrogen-bond acceptors (Lipinski definition) is 3. The molecule has 2 rings (SSSR count). The Labute approximate surface area is 110 Å². The zero-order chi connectivity index (χ0) is 13.2. The van der Waals surface area contributed by atoms with Gasteiger partial charge in [-0.15, -0.1) is 0 Å². The monoisotopic (exact) mass is 250 g/mol. The van der Waals surface area contributed by atoms with Gasteiger partial charge in [-0.2, -0.15) is 5.10 Å². The van der Waals surface area contributed by atoms with Gasteiger partial charge < -0.3 is 0 Å². The average Bonchev–Trinajstić information content (AvgIpc) is 2.89. The van der Waals surface area contributed by atoms with Crippen molar-refractivity contribution >= 4 is 0 Å². The Bertz CT molecular complexity index is 383. The van der Waals surface area contributed by atoms with E-state index < -0.39 is 0 Å². The van der Waals surface area contributed by atoms with Gasteiger partial charge in [-0.1, -0.05) is 27.2 Å². The second-order valence-electron chi connectivity index (χ2n) is 6.17. The van der Waals surface area contributed by atoms with Crippen molar-refractivity contribution in [3.8, 4) is 0 Å². The first-order chi connectivity index (χ1) is 8.58. The highest BCUT2D eigenvalue weighted by Gasteiger charge is 2.40. The molecule has 1 fully saturated rings. The predicted octanol–water partition coefficient (Wildman–Crippen LogP) is 2.62. The number of aryl methyl sites for hydroxylation is 1. The van der Waals surface area contributed by atoms with E-state index in [0.29, 0.717) is 11.3 Å². The van der Waals surface area contributed by atoms with Gasteiger partial charge in [0.2, 0.25) is 0 Å². The van der Waals surface area contributed by atoms with Crippen molar-refractivity contribution in [1.29, 1.82) is 0 Å². The normalized spacial score (nSPS) is 24.3. The Kier molecular flexibility index (Phi) is 4.07. The molecule has 1 aromatic rings. The van der Waals surface area contributed by atoms with E-state index in [2.05, 4.69) is 37.5 Å². The lowest BCUT2D eigenvalue weighted by Gasteiger charge is -2.33. The van der Waals surface area contributed by atoms with E-state index in [1.807, 2.05) is 10.9 Å². The maximum atomic E-state index is 5.80. The summed E-state index contributed by atoms with van der Waals surface area (Å²) in [4.78, 5) is 0. The van der Waals surface area contributed by atoms with E-state index in [0.717, 1.165) is 13.0 Å². The van der Waals surface area contributed by atoms with Crippen molar-refractivity contribution in [2.75, 3.05) is 0 Å². The quantitative estimate of drug-likeness (QED) is 0.624. The molecule has 0 amide bonds. The zero-order valence-electron chi connectivity index (χ0n) is 11.8. The first-order valence-corrected chi connectivity index (χ1v) is 7.07. The molecule has 0 radical (unpaired) electrons. The van der Waals surface area contributed by atoms with Crippen molar-refractivity contribution < 1.29 is 0 Å². The Hall–Kier alpha value is -0.870. The van der Waals surface area contributed by atoms with Crippen molar-refractivity contribution in [3.63, 3.8) is 0 Å². The van der Waals surface area contributed by atoms with Crippen molar-refractivity contribution in [2.24, 2.45) is 17.2 Å². The first-order valence-electron chi connectivity index (χ1n) is 7.07. The van der Waals surface area contributed by atoms with Crippen molar-refractivity contribution in [3.05, 3.63) is 18.0 Å². The van der Waals surface area contributed by atoms with Gasteiger partial charge in [-0.3, -0.25) is 16.0 Å². The summed E-state index contributed by atoms with van der Waals surface area (Å²) in [6.07, 6.45) is 9.06. The summed E-state index contributed by atoms with van der Waals surface area (Å²) in [5, 5.41) is 4.42. The fraction of sp³-hybridized carbons (Fsp3) is 0.786. The fourth-order valence-corrected chi connectivity index (χ4v) is 3.31. The van der Waals surface area contributed by atoms with Gasteiger partial charge >= 0.3 is 0 Å². The van der Waals surface area contributed by atoms with Crippen LogP contribution in [0.3, 0.4) is 0 Å². The molecule has 1 aliphatic rings. The van der Waals surface area contributed by atoms with Crippen LogP contribution < -0.4 is 11.3 Å². The molecule has 2 atom stereocenters. The van der Waals surface area contributed by atoms with Gasteiger partial charge in [0.05, 0.1) is 12.2 Å². The molecule has 2 unspecified atom stereocenters. The van der Waals surface area contributed by atoms with Crippen molar-refractivity contribution in [2.45, 2.75) is 59.0 Å². The third-order valence-corrected chi connectivity index (χ3v) is 4.39. The molecule has 4 nitrogen and oxygen atoms in total. The molecule has 1 aromatic heterocycles. The lowest BCUT2D eigenvalue weighted by molar-refractivity contribution is 0.198. The van der Waals surface area contributed by atoms with E-state index in [1.54, 1.807) is 0 Å². The van der Waals surface area contributed by atoms with E-state index in [4.69, 9.17) is 5.84 Å². The molecule has 1 aliphatic carbocycles. The van der Waals surface area contributed by atoms with Crippen LogP contribution >= 0.6 is 0 Å². The third kappa shape index (κ3) is 2.59. The van der Waals surface area contributed by atoms with Crippen LogP contribution in [0.5, 0.6) is 0 Å². The van der Waals surface area contributed by atoms with Gasteiger partial charge in [0.15, 0.2) is 0 Å². The van der Waals surface area contributed by atoms with Crippen LogP contribution in [-0.4, -0.2) is 9.78 Å². The van der Waals surface area contributed by atoms with Gasteiger partial charge in [0, 0.05) is 18.3 Å². The molecule has 1 saturated carbocycles. The molecule has 0 bridgehead atoms. The number of hydrazine groups is 1. The Morgan fingerprint density at radius 2 is 2.39 bits per heavy atom. The number of aromatic nitrogens is 2. The topological polar surface area (TPSA) is 55.9 Å². The minimum atomic E-state index is 0.230. The first kappa shape index (κ1) is 13.6. The van der Waals surface area contributed by atoms with Gasteiger partial charge in [-0.05, 0) is 30.6 Å². The molecule has 4 heteroatoms. The summed E-state index contributed by atoms with van der Waals surface area (Å²) in [7, 11) is 0. The van der Waals surface area contributed by atoms with Crippen LogP contribution in [0.2, 0.25) is 0 Å². The largest absolute Gasteiger partial charge is 0.272 e. The molecule has 0 aliphatic heterocycles. The lowest BCUT2D eigenvalue weighted by Crippen LogP contribution is -2.37. The van der Waals surface area contributed by atoms with E-state index >= 15 is 0 Å². The standard InChI is InChI=1S/C14H26N4/c1-4-8-18-10-11(9-16-18)13(17-15)12-6-5-7-14(12,2)3/h9-10,12-13,17H,4-8,15H2,1-3H3. The van der Waals surface area contributed by atoms with Gasteiger partial charge in [0.1, 0.15) is 0 Å². The van der Waals surface area contributed by atoms with E-state index in [9.17, 15) is 0 Å². The molecule has 3 N–H and O–H groups in total. The number of hydrogen-bond donors (Lipinski definition) is 2. The number of rotatable bonds is 5. The van der Waals surface area contributed by atoms with Gasteiger partial charge in [-0.25, -0.2) is 0 Å². The maximum absolute atomic E-state index is 5.80. The number of nitrogens with one attached hydrogen (secondary N) is 1. The number of nitrogens with zero attached hydrogens (tertiary/aromatic N) is 2. The summed E-state index contributed by atoms with van der Waals surface area (Å²) in [5.74, 6) is 6.40. The van der Waals surface area contributed by atoms with Crippen molar-refractivity contribution in [1.82, 2.24) is 15.2 Å². The zero-order valence-corrected chi connectivity index (χ0v) is 11.8. The molecule has 102 valence electrons. The molecular weight excluding hydrogens is 224 g/mol. The predicted molar refractivity (Wildman–Crippen MR) is 73.7 cm³/mol. The minimum Gasteiger partial charge on any atom is -0.272 e. The van der Waals surface area contributed by atoms with Crippen LogP contribution in [0.25, 0.3) is 0 Å². The van der Waals surface area contributed by atoms with Crippen LogP contribution in [0.4, 0.5) is 0 Å². The maximum Gasteiger partial charge on any atom is 0.0538 e. The second kappa shape index (κ2) is 5.41. The van der Waals surface area contributed by atoms with Crippen LogP contribution in [-0.2, 0) is 6.54 Å². The van der Waals surface area contributed by atoms with Gasteiger partial charge in [0.25, 0.3) is 0 Å². The summed E-state index contributed by atoms with van der Waals surface area (Å²) < 4.78 is 2.02. The highest BCUT2D eigenvalue weighted by Crippen LogP contribution is 2.48. The highest BCUT2D eigenvalue weighted by atomic mass is 15.3. The summed E-state index contributed by atoms with van der Waals surface area (Å²) in [6, 6.07) is 0.230. The summed E-state index contributed by atoms with van der Waals surface area (Å²) in [6.45, 7) is 7.85. The molecule has 0 spiro atoms. The SMILES string of the molecule is CCCn1cc(C(NN)C2CCCC2(C)C)cn1. The summed E-state index contributed by atoms with van der Waals surface area (Å²) in [5.41, 5.74) is 4.61. The molecule has 0 aromatic carbocycles. The van der Waals surface area contributed by atoms with Crippen LogP contribution in [0.1, 0.15) is 58.1 Å². The molecule has 18 heavy (non-hydrogen) atoms. The van der Waals surface area contributed by atoms with Crippen LogP contribution in [0, 0.1) is 11.3 Å². The lowest BCUT2D eigenvalue weighted by atomic mass is 9.76. The molecule has 1 heterocycles. The van der Waals surface area contributed by atoms with E-state index in [1.165, 1.54) is 24.8 Å². The van der Waals surface area contributed by atoms with E-state index in [-0.39, 0.29) is 6.04 Å². The Balaban J connectivity index is 2.17. The minimum absolute atomic E-state index is 0.230. The Morgan fingerprint density at radius 3 is 2.94 bits per heavy atom. The number of nitrogens with two attached hydrogens (primary N) is 1. The Morgan fingerprint density at radius 1 is 1.61 bits per heavy atom. The fourth-order valence-electron chi connectivity index (χ4n) is 3.31. The van der Waals surface area contributed by atoms with Crippen LogP contribution in [0.15, 0.2) is 12.4 Å². The molecular formula is C14H26N4. The highest BCUT2D eigenvalue weighted by molar-refractivity contribution is 5.14. The smallest absolute Gasteiger partial charge is 0.0538 e. The third-order valence-electron chi connectivity index (χ3n) is 4.39. The summed E-state index contributed by atoms with van der Waals surface area (Å²) >= 11 is 0.